The van der Waals surface area contributed by atoms with Crippen LogP contribution < -0.4 is 0 Å². The van der Waals surface area contributed by atoms with Gasteiger partial charge in [-0.25, -0.2) is 4.79 Å². The van der Waals surface area contributed by atoms with Crippen molar-refractivity contribution in [1.29, 1.82) is 5.26 Å². The number of hydrogen-bond donors (Lipinski definition) is 1. The largest absolute Gasteiger partial charge is 0.465 e. The molecule has 0 bridgehead atoms. The molecular weight excluding hydrogens is 144 g/mol. The first kappa shape index (κ1) is 7.86. The molecule has 1 aliphatic rings. The first-order chi connectivity index (χ1) is 5.24. The zero-order chi connectivity index (χ0) is 8.27. The Morgan fingerprint density at radius 2 is 2.55 bits per heavy atom. The molecule has 4 heteroatoms. The van der Waals surface area contributed by atoms with Gasteiger partial charge in [0, 0.05) is 19.5 Å². The fourth-order valence-corrected chi connectivity index (χ4v) is 1.30. The summed E-state index contributed by atoms with van der Waals surface area (Å²) in [6.07, 6.45) is 0.439. The highest BCUT2D eigenvalue weighted by Gasteiger charge is 2.25. The Hall–Kier alpha value is -1.24. The third-order valence-corrected chi connectivity index (χ3v) is 1.94. The number of carbonyl (C=O) groups is 1. The van der Waals surface area contributed by atoms with Gasteiger partial charge in [0.05, 0.1) is 6.07 Å². The Balaban J connectivity index is 2.36. The molecular formula is C7H10N2O2. The molecule has 1 heterocycles. The zero-order valence-electron chi connectivity index (χ0n) is 6.16. The normalized spacial score (nSPS) is 23.2. The Kier molecular flexibility index (Phi) is 2.32. The number of rotatable bonds is 1. The average Bonchev–Trinajstić information content (AvgIpc) is 2.37. The summed E-state index contributed by atoms with van der Waals surface area (Å²) >= 11 is 0. The predicted molar refractivity (Wildman–Crippen MR) is 37.9 cm³/mol. The van der Waals surface area contributed by atoms with Crippen LogP contribution in [0.1, 0.15) is 12.8 Å². The topological polar surface area (TPSA) is 64.3 Å². The van der Waals surface area contributed by atoms with Gasteiger partial charge in [-0.2, -0.15) is 5.26 Å². The summed E-state index contributed by atoms with van der Waals surface area (Å²) in [7, 11) is 0. The predicted octanol–water partition coefficient (Wildman–Crippen LogP) is 0.900. The third-order valence-electron chi connectivity index (χ3n) is 1.94. The maximum absolute atomic E-state index is 10.4. The van der Waals surface area contributed by atoms with Gasteiger partial charge in [-0.15, -0.1) is 0 Å². The van der Waals surface area contributed by atoms with Crippen molar-refractivity contribution < 1.29 is 9.90 Å². The highest BCUT2D eigenvalue weighted by molar-refractivity contribution is 5.65. The third kappa shape index (κ3) is 1.84. The molecule has 0 aromatic rings. The molecule has 1 rings (SSSR count). The Morgan fingerprint density at radius 1 is 1.82 bits per heavy atom. The quantitative estimate of drug-likeness (QED) is 0.610. The molecule has 0 aromatic heterocycles. The van der Waals surface area contributed by atoms with E-state index in [0.717, 1.165) is 6.42 Å². The number of carboxylic acid groups (broad SMARTS) is 1. The van der Waals surface area contributed by atoms with Gasteiger partial charge in [0.1, 0.15) is 0 Å². The summed E-state index contributed by atoms with van der Waals surface area (Å²) in [6.45, 7) is 1.12. The Morgan fingerprint density at radius 3 is 3.00 bits per heavy atom. The molecule has 1 amide bonds. The molecule has 1 N–H and O–H groups in total. The van der Waals surface area contributed by atoms with E-state index in [0.29, 0.717) is 19.5 Å². The van der Waals surface area contributed by atoms with E-state index >= 15 is 0 Å². The lowest BCUT2D eigenvalue weighted by atomic mass is 10.1. The maximum Gasteiger partial charge on any atom is 0.407 e. The van der Waals surface area contributed by atoms with Crippen molar-refractivity contribution in [3.8, 4) is 6.07 Å². The molecule has 0 saturated carbocycles. The number of nitriles is 1. The fourth-order valence-electron chi connectivity index (χ4n) is 1.30. The van der Waals surface area contributed by atoms with Crippen LogP contribution in [0.15, 0.2) is 0 Å². The average molecular weight is 154 g/mol. The molecule has 1 unspecified atom stereocenters. The summed E-state index contributed by atoms with van der Waals surface area (Å²) in [4.78, 5) is 11.8. The Bertz CT molecular complexity index is 197. The summed E-state index contributed by atoms with van der Waals surface area (Å²) in [5.41, 5.74) is 0. The lowest BCUT2D eigenvalue weighted by Gasteiger charge is -2.09. The van der Waals surface area contributed by atoms with Gasteiger partial charge in [-0.05, 0) is 12.3 Å². The van der Waals surface area contributed by atoms with Crippen molar-refractivity contribution in [3.63, 3.8) is 0 Å². The van der Waals surface area contributed by atoms with Crippen LogP contribution >= 0.6 is 0 Å². The number of amides is 1. The van der Waals surface area contributed by atoms with E-state index < -0.39 is 6.09 Å². The van der Waals surface area contributed by atoms with Crippen LogP contribution in [0.2, 0.25) is 0 Å². The summed E-state index contributed by atoms with van der Waals surface area (Å²) in [5.74, 6) is 0.260. The molecule has 4 nitrogen and oxygen atoms in total. The van der Waals surface area contributed by atoms with Crippen molar-refractivity contribution in [2.24, 2.45) is 5.92 Å². The highest BCUT2D eigenvalue weighted by atomic mass is 16.4. The molecule has 0 spiro atoms. The molecule has 1 fully saturated rings. The van der Waals surface area contributed by atoms with Crippen molar-refractivity contribution in [1.82, 2.24) is 4.90 Å². The molecule has 1 saturated heterocycles. The van der Waals surface area contributed by atoms with E-state index in [4.69, 9.17) is 10.4 Å². The van der Waals surface area contributed by atoms with Gasteiger partial charge < -0.3 is 10.0 Å². The van der Waals surface area contributed by atoms with Crippen molar-refractivity contribution >= 4 is 6.09 Å². The van der Waals surface area contributed by atoms with Crippen LogP contribution in [0, 0.1) is 17.2 Å². The summed E-state index contributed by atoms with van der Waals surface area (Å²) < 4.78 is 0. The van der Waals surface area contributed by atoms with Crippen LogP contribution in [0.25, 0.3) is 0 Å². The van der Waals surface area contributed by atoms with Crippen molar-refractivity contribution in [2.45, 2.75) is 12.8 Å². The minimum Gasteiger partial charge on any atom is -0.465 e. The van der Waals surface area contributed by atoms with Crippen LogP contribution in [-0.2, 0) is 0 Å². The van der Waals surface area contributed by atoms with Gasteiger partial charge in [-0.3, -0.25) is 0 Å². The highest BCUT2D eigenvalue weighted by Crippen LogP contribution is 2.18. The SMILES string of the molecule is N#CCC1CCN(C(=O)O)C1. The lowest BCUT2D eigenvalue weighted by Crippen LogP contribution is -2.26. The Labute approximate surface area is 65.0 Å². The number of hydrogen-bond acceptors (Lipinski definition) is 2. The summed E-state index contributed by atoms with van der Waals surface area (Å²) in [5, 5.41) is 16.9. The monoisotopic (exact) mass is 154 g/mol. The molecule has 0 radical (unpaired) electrons. The van der Waals surface area contributed by atoms with E-state index in [1.165, 1.54) is 4.90 Å². The van der Waals surface area contributed by atoms with Crippen LogP contribution in [0.4, 0.5) is 4.79 Å². The second-order valence-electron chi connectivity index (χ2n) is 2.75. The van der Waals surface area contributed by atoms with Gasteiger partial charge in [-0.1, -0.05) is 0 Å². The van der Waals surface area contributed by atoms with Gasteiger partial charge in [0.25, 0.3) is 0 Å². The van der Waals surface area contributed by atoms with Crippen LogP contribution in [-0.4, -0.2) is 29.2 Å². The van der Waals surface area contributed by atoms with Gasteiger partial charge >= 0.3 is 6.09 Å². The lowest BCUT2D eigenvalue weighted by molar-refractivity contribution is 0.154. The second kappa shape index (κ2) is 3.24. The molecule has 11 heavy (non-hydrogen) atoms. The first-order valence-corrected chi connectivity index (χ1v) is 3.59. The van der Waals surface area contributed by atoms with E-state index in [1.54, 1.807) is 0 Å². The minimum atomic E-state index is -0.870. The summed E-state index contributed by atoms with van der Waals surface area (Å²) in [6, 6.07) is 2.05. The second-order valence-corrected chi connectivity index (χ2v) is 2.75. The molecule has 0 aromatic carbocycles. The molecule has 0 aliphatic carbocycles. The van der Waals surface area contributed by atoms with E-state index in [2.05, 4.69) is 0 Å². The van der Waals surface area contributed by atoms with Gasteiger partial charge in [0.2, 0.25) is 0 Å². The number of nitrogens with zero attached hydrogens (tertiary/aromatic N) is 2. The zero-order valence-corrected chi connectivity index (χ0v) is 6.16. The van der Waals surface area contributed by atoms with Crippen molar-refractivity contribution in [3.05, 3.63) is 0 Å². The first-order valence-electron chi connectivity index (χ1n) is 3.59. The van der Waals surface area contributed by atoms with E-state index in [9.17, 15) is 4.79 Å². The van der Waals surface area contributed by atoms with E-state index in [1.807, 2.05) is 6.07 Å². The molecule has 1 atom stereocenters. The number of likely N-dealkylation sites (tertiary alicyclic amines) is 1. The van der Waals surface area contributed by atoms with E-state index in [-0.39, 0.29) is 5.92 Å². The smallest absolute Gasteiger partial charge is 0.407 e. The van der Waals surface area contributed by atoms with Gasteiger partial charge in [0.15, 0.2) is 0 Å². The standard InChI is InChI=1S/C7H10N2O2/c8-3-1-6-2-4-9(5-6)7(10)11/h6H,1-2,4-5H2,(H,10,11). The van der Waals surface area contributed by atoms with Crippen LogP contribution in [0.5, 0.6) is 0 Å². The minimum absolute atomic E-state index is 0.260. The van der Waals surface area contributed by atoms with Crippen LogP contribution in [0.3, 0.4) is 0 Å². The maximum atomic E-state index is 10.4. The fraction of sp³-hybridized carbons (Fsp3) is 0.714. The molecule has 60 valence electrons. The molecule has 1 aliphatic heterocycles. The van der Waals surface area contributed by atoms with Crippen molar-refractivity contribution in [2.75, 3.05) is 13.1 Å².